The zero-order chi connectivity index (χ0) is 9.42. The van der Waals surface area contributed by atoms with E-state index in [0.717, 1.165) is 21.1 Å². The smallest absolute Gasteiger partial charge is 0.145 e. The van der Waals surface area contributed by atoms with Crippen molar-refractivity contribution in [3.8, 4) is 5.75 Å². The van der Waals surface area contributed by atoms with Gasteiger partial charge in [0.25, 0.3) is 0 Å². The van der Waals surface area contributed by atoms with Crippen LogP contribution in [0.2, 0.25) is 5.02 Å². The van der Waals surface area contributed by atoms with Gasteiger partial charge in [0.2, 0.25) is 0 Å². The summed E-state index contributed by atoms with van der Waals surface area (Å²) in [6.45, 7) is 0. The molecule has 0 aliphatic heterocycles. The van der Waals surface area contributed by atoms with Crippen LogP contribution in [0.5, 0.6) is 5.75 Å². The number of aromatic amines is 1. The molecule has 0 fully saturated rings. The predicted molar refractivity (Wildman–Crippen MR) is 57.6 cm³/mol. The molecule has 68 valence electrons. The highest BCUT2D eigenvalue weighted by Gasteiger charge is 2.09. The summed E-state index contributed by atoms with van der Waals surface area (Å²) in [5, 5.41) is 1.59. The SMILES string of the molecule is COc1c[nH]c2ccc(Br)c(Cl)c12. The van der Waals surface area contributed by atoms with E-state index in [1.54, 1.807) is 13.3 Å². The van der Waals surface area contributed by atoms with Crippen LogP contribution in [0.4, 0.5) is 0 Å². The number of methoxy groups -OCH3 is 1. The number of nitrogens with one attached hydrogen (secondary N) is 1. The lowest BCUT2D eigenvalue weighted by Gasteiger charge is -2.00. The molecule has 2 nitrogen and oxygen atoms in total. The van der Waals surface area contributed by atoms with Crippen LogP contribution >= 0.6 is 27.5 Å². The normalized spacial score (nSPS) is 10.7. The number of aromatic nitrogens is 1. The molecule has 4 heteroatoms. The van der Waals surface area contributed by atoms with E-state index in [0.29, 0.717) is 5.02 Å². The first kappa shape index (κ1) is 8.91. The van der Waals surface area contributed by atoms with Gasteiger partial charge in [-0.15, -0.1) is 0 Å². The lowest BCUT2D eigenvalue weighted by molar-refractivity contribution is 0.419. The number of hydrogen-bond acceptors (Lipinski definition) is 1. The minimum atomic E-state index is 0.676. The lowest BCUT2D eigenvalue weighted by atomic mass is 10.2. The van der Waals surface area contributed by atoms with E-state index in [2.05, 4.69) is 20.9 Å². The van der Waals surface area contributed by atoms with Crippen LogP contribution in [0.3, 0.4) is 0 Å². The van der Waals surface area contributed by atoms with E-state index in [-0.39, 0.29) is 0 Å². The molecule has 0 saturated carbocycles. The number of ether oxygens (including phenoxy) is 1. The van der Waals surface area contributed by atoms with Crippen molar-refractivity contribution >= 4 is 38.4 Å². The van der Waals surface area contributed by atoms with E-state index in [9.17, 15) is 0 Å². The maximum absolute atomic E-state index is 6.10. The van der Waals surface area contributed by atoms with Crippen LogP contribution in [-0.2, 0) is 0 Å². The first-order valence-corrected chi connectivity index (χ1v) is 4.90. The Hall–Kier alpha value is -0.670. The maximum Gasteiger partial charge on any atom is 0.145 e. The van der Waals surface area contributed by atoms with Crippen LogP contribution in [0.1, 0.15) is 0 Å². The molecule has 0 radical (unpaired) electrons. The largest absolute Gasteiger partial charge is 0.494 e. The predicted octanol–water partition coefficient (Wildman–Crippen LogP) is 3.59. The molecule has 0 aliphatic carbocycles. The molecule has 1 heterocycles. The zero-order valence-electron chi connectivity index (χ0n) is 6.90. The van der Waals surface area contributed by atoms with Gasteiger partial charge in [-0.2, -0.15) is 0 Å². The summed E-state index contributed by atoms with van der Waals surface area (Å²) in [6.07, 6.45) is 1.79. The van der Waals surface area contributed by atoms with Gasteiger partial charge in [-0.05, 0) is 28.1 Å². The maximum atomic E-state index is 6.10. The molecule has 1 aromatic carbocycles. The van der Waals surface area contributed by atoms with Crippen molar-refractivity contribution in [2.24, 2.45) is 0 Å². The average molecular weight is 261 g/mol. The molecule has 1 aromatic heterocycles. The Balaban J connectivity index is 2.85. The third-order valence-electron chi connectivity index (χ3n) is 1.92. The summed E-state index contributed by atoms with van der Waals surface area (Å²) in [6, 6.07) is 3.86. The van der Waals surface area contributed by atoms with Gasteiger partial charge in [-0.1, -0.05) is 11.6 Å². The van der Waals surface area contributed by atoms with Crippen molar-refractivity contribution < 1.29 is 4.74 Å². The fourth-order valence-corrected chi connectivity index (χ4v) is 1.88. The Morgan fingerprint density at radius 2 is 2.23 bits per heavy atom. The van der Waals surface area contributed by atoms with Crippen LogP contribution in [-0.4, -0.2) is 12.1 Å². The molecule has 13 heavy (non-hydrogen) atoms. The van der Waals surface area contributed by atoms with Crippen molar-refractivity contribution in [1.82, 2.24) is 4.98 Å². The van der Waals surface area contributed by atoms with Crippen LogP contribution in [0.25, 0.3) is 10.9 Å². The molecule has 0 saturated heterocycles. The quantitative estimate of drug-likeness (QED) is 0.833. The van der Waals surface area contributed by atoms with Gasteiger partial charge in [0, 0.05) is 10.7 Å². The molecule has 1 N–H and O–H groups in total. The molecule has 0 amide bonds. The third kappa shape index (κ3) is 1.32. The van der Waals surface area contributed by atoms with Gasteiger partial charge in [0.15, 0.2) is 0 Å². The van der Waals surface area contributed by atoms with Gasteiger partial charge < -0.3 is 9.72 Å². The number of benzene rings is 1. The van der Waals surface area contributed by atoms with Crippen LogP contribution < -0.4 is 4.74 Å². The Morgan fingerprint density at radius 1 is 1.46 bits per heavy atom. The van der Waals surface area contributed by atoms with E-state index < -0.39 is 0 Å². The van der Waals surface area contributed by atoms with Crippen molar-refractivity contribution in [2.45, 2.75) is 0 Å². The summed E-state index contributed by atoms with van der Waals surface area (Å²) >= 11 is 9.47. The average Bonchev–Trinajstić information content (AvgIpc) is 2.55. The second-order valence-corrected chi connectivity index (χ2v) is 3.87. The third-order valence-corrected chi connectivity index (χ3v) is 3.20. The van der Waals surface area contributed by atoms with Crippen molar-refractivity contribution in [3.05, 3.63) is 27.8 Å². The van der Waals surface area contributed by atoms with Crippen molar-refractivity contribution in [1.29, 1.82) is 0 Å². The van der Waals surface area contributed by atoms with Crippen molar-refractivity contribution in [2.75, 3.05) is 7.11 Å². The van der Waals surface area contributed by atoms with Gasteiger partial charge in [-0.3, -0.25) is 0 Å². The van der Waals surface area contributed by atoms with E-state index in [4.69, 9.17) is 16.3 Å². The molecule has 0 atom stereocenters. The first-order valence-electron chi connectivity index (χ1n) is 3.73. The topological polar surface area (TPSA) is 25.0 Å². The second kappa shape index (κ2) is 3.24. The van der Waals surface area contributed by atoms with E-state index in [1.165, 1.54) is 0 Å². The van der Waals surface area contributed by atoms with Gasteiger partial charge in [-0.25, -0.2) is 0 Å². The number of rotatable bonds is 1. The number of H-pyrrole nitrogens is 1. The fourth-order valence-electron chi connectivity index (χ4n) is 1.29. The number of hydrogen-bond donors (Lipinski definition) is 1. The zero-order valence-corrected chi connectivity index (χ0v) is 9.24. The second-order valence-electron chi connectivity index (χ2n) is 2.64. The summed E-state index contributed by atoms with van der Waals surface area (Å²) < 4.78 is 6.04. The molecular weight excluding hydrogens is 253 g/mol. The fraction of sp³-hybridized carbons (Fsp3) is 0.111. The molecule has 0 spiro atoms. The van der Waals surface area contributed by atoms with E-state index >= 15 is 0 Å². The summed E-state index contributed by atoms with van der Waals surface area (Å²) in [7, 11) is 1.62. The van der Waals surface area contributed by atoms with Gasteiger partial charge in [0.1, 0.15) is 5.75 Å². The molecule has 2 aromatic rings. The summed E-state index contributed by atoms with van der Waals surface area (Å²) in [5.74, 6) is 0.765. The standard InChI is InChI=1S/C9H7BrClNO/c1-13-7-4-12-6-3-2-5(10)9(11)8(6)7/h2-4,12H,1H3. The van der Waals surface area contributed by atoms with Gasteiger partial charge in [0.05, 0.1) is 23.0 Å². The number of halogens is 2. The molecular formula is C9H7BrClNO. The minimum absolute atomic E-state index is 0.676. The Kier molecular flexibility index (Phi) is 2.22. The van der Waals surface area contributed by atoms with Gasteiger partial charge >= 0.3 is 0 Å². The summed E-state index contributed by atoms with van der Waals surface area (Å²) in [4.78, 5) is 3.08. The molecule has 2 rings (SSSR count). The Morgan fingerprint density at radius 3 is 2.92 bits per heavy atom. The monoisotopic (exact) mass is 259 g/mol. The first-order chi connectivity index (χ1) is 6.24. The van der Waals surface area contributed by atoms with Crippen molar-refractivity contribution in [3.63, 3.8) is 0 Å². The summed E-state index contributed by atoms with van der Waals surface area (Å²) in [5.41, 5.74) is 0.977. The Labute approximate surface area is 89.0 Å². The number of fused-ring (bicyclic) bond motifs is 1. The molecule has 0 aliphatic rings. The lowest BCUT2D eigenvalue weighted by Crippen LogP contribution is -1.80. The van der Waals surface area contributed by atoms with Crippen LogP contribution in [0.15, 0.2) is 22.8 Å². The highest BCUT2D eigenvalue weighted by Crippen LogP contribution is 2.36. The Bertz CT molecular complexity index is 452. The van der Waals surface area contributed by atoms with E-state index in [1.807, 2.05) is 12.1 Å². The molecule has 0 bridgehead atoms. The van der Waals surface area contributed by atoms with Crippen LogP contribution in [0, 0.1) is 0 Å². The highest BCUT2D eigenvalue weighted by molar-refractivity contribution is 9.10. The highest BCUT2D eigenvalue weighted by atomic mass is 79.9. The minimum Gasteiger partial charge on any atom is -0.494 e. The molecule has 0 unspecified atom stereocenters.